The lowest BCUT2D eigenvalue weighted by Crippen LogP contribution is -2.69. The molecule has 1 aliphatic heterocycles. The number of nitrogens with zero attached hydrogens (tertiary/aromatic N) is 1. The summed E-state index contributed by atoms with van der Waals surface area (Å²) in [4.78, 5) is 10.4. The van der Waals surface area contributed by atoms with Crippen LogP contribution in [0.4, 0.5) is 11.4 Å². The van der Waals surface area contributed by atoms with Crippen molar-refractivity contribution in [1.82, 2.24) is 0 Å². The van der Waals surface area contributed by atoms with Gasteiger partial charge in [0.2, 0.25) is 0 Å². The van der Waals surface area contributed by atoms with Gasteiger partial charge < -0.3 is 15.8 Å². The van der Waals surface area contributed by atoms with Crippen LogP contribution in [0.25, 0.3) is 0 Å². The summed E-state index contributed by atoms with van der Waals surface area (Å²) in [7, 11) is 0. The minimum Gasteiger partial charge on any atom is -0.378 e. The molecule has 3 rings (SSSR count). The standard InChI is InChI=1S/C14H18ClN3O3/c1-7-5-11(18(19)20)9(15)6-10(7)17-13-12(16)8-3-2-4-21-14(8)13/h5-6,8,12-14,17H,2-4,16H2,1H3. The third-order valence-corrected chi connectivity index (χ3v) is 4.79. The fourth-order valence-corrected chi connectivity index (χ4v) is 3.50. The van der Waals surface area contributed by atoms with E-state index >= 15 is 0 Å². The average molecular weight is 312 g/mol. The maximum Gasteiger partial charge on any atom is 0.288 e. The second-order valence-corrected chi connectivity index (χ2v) is 6.17. The van der Waals surface area contributed by atoms with Crippen LogP contribution < -0.4 is 11.1 Å². The molecular weight excluding hydrogens is 294 g/mol. The Kier molecular flexibility index (Phi) is 3.77. The monoisotopic (exact) mass is 311 g/mol. The maximum atomic E-state index is 10.9. The Morgan fingerprint density at radius 1 is 1.52 bits per heavy atom. The molecule has 1 aliphatic carbocycles. The molecule has 1 saturated carbocycles. The van der Waals surface area contributed by atoms with Crippen molar-refractivity contribution < 1.29 is 9.66 Å². The molecular formula is C14H18ClN3O3. The first-order valence-corrected chi connectivity index (χ1v) is 7.45. The van der Waals surface area contributed by atoms with Gasteiger partial charge in [-0.3, -0.25) is 10.1 Å². The van der Waals surface area contributed by atoms with Crippen LogP contribution in [0.3, 0.4) is 0 Å². The maximum absolute atomic E-state index is 10.9. The number of hydrogen-bond donors (Lipinski definition) is 2. The molecule has 4 atom stereocenters. The Balaban J connectivity index is 1.79. The van der Waals surface area contributed by atoms with Gasteiger partial charge in [-0.25, -0.2) is 0 Å². The molecule has 0 amide bonds. The summed E-state index contributed by atoms with van der Waals surface area (Å²) < 4.78 is 5.78. The van der Waals surface area contributed by atoms with E-state index in [0.29, 0.717) is 5.92 Å². The van der Waals surface area contributed by atoms with E-state index in [1.54, 1.807) is 6.07 Å². The van der Waals surface area contributed by atoms with Gasteiger partial charge >= 0.3 is 0 Å². The van der Waals surface area contributed by atoms with E-state index in [4.69, 9.17) is 22.1 Å². The summed E-state index contributed by atoms with van der Waals surface area (Å²) in [5, 5.41) is 14.3. The number of benzene rings is 1. The van der Waals surface area contributed by atoms with E-state index in [1.165, 1.54) is 6.07 Å². The van der Waals surface area contributed by atoms with E-state index in [1.807, 2.05) is 6.92 Å². The van der Waals surface area contributed by atoms with Crippen LogP contribution in [0.1, 0.15) is 18.4 Å². The van der Waals surface area contributed by atoms with Crippen LogP contribution >= 0.6 is 11.6 Å². The number of ether oxygens (including phenoxy) is 1. The normalized spacial score (nSPS) is 31.2. The number of rotatable bonds is 3. The Labute approximate surface area is 127 Å². The molecule has 2 aliphatic rings. The van der Waals surface area contributed by atoms with Crippen LogP contribution in [0.2, 0.25) is 5.02 Å². The third kappa shape index (κ3) is 2.47. The zero-order valence-corrected chi connectivity index (χ0v) is 12.5. The summed E-state index contributed by atoms with van der Waals surface area (Å²) in [6, 6.07) is 3.15. The quantitative estimate of drug-likeness (QED) is 0.661. The number of halogens is 1. The molecule has 1 aromatic rings. The van der Waals surface area contributed by atoms with E-state index in [-0.39, 0.29) is 28.9 Å². The van der Waals surface area contributed by atoms with Gasteiger partial charge in [0.15, 0.2) is 0 Å². The SMILES string of the molecule is Cc1cc([N+](=O)[O-])c(Cl)cc1NC1C(N)C2CCCOC21. The molecule has 6 nitrogen and oxygen atoms in total. The van der Waals surface area contributed by atoms with Gasteiger partial charge in [-0.15, -0.1) is 0 Å². The molecule has 114 valence electrons. The van der Waals surface area contributed by atoms with Crippen LogP contribution in [0.15, 0.2) is 12.1 Å². The lowest BCUT2D eigenvalue weighted by molar-refractivity contribution is -0.384. The highest BCUT2D eigenvalue weighted by Crippen LogP contribution is 2.40. The molecule has 2 fully saturated rings. The number of nitrogens with two attached hydrogens (primary N) is 1. The number of hydrogen-bond acceptors (Lipinski definition) is 5. The number of anilines is 1. The van der Waals surface area contributed by atoms with Crippen LogP contribution in [0.5, 0.6) is 0 Å². The number of aryl methyl sites for hydroxylation is 1. The van der Waals surface area contributed by atoms with E-state index in [0.717, 1.165) is 30.7 Å². The zero-order chi connectivity index (χ0) is 15.1. The van der Waals surface area contributed by atoms with Crippen LogP contribution in [-0.2, 0) is 4.74 Å². The highest BCUT2D eigenvalue weighted by molar-refractivity contribution is 6.33. The molecule has 3 N–H and O–H groups in total. The first kappa shape index (κ1) is 14.6. The Morgan fingerprint density at radius 2 is 2.29 bits per heavy atom. The van der Waals surface area contributed by atoms with E-state index < -0.39 is 4.92 Å². The molecule has 4 unspecified atom stereocenters. The molecule has 1 heterocycles. The van der Waals surface area contributed by atoms with Gasteiger partial charge in [-0.2, -0.15) is 0 Å². The molecule has 0 aromatic heterocycles. The van der Waals surface area contributed by atoms with Gasteiger partial charge in [0.25, 0.3) is 5.69 Å². The number of nitro groups is 1. The lowest BCUT2D eigenvalue weighted by atomic mass is 9.68. The van der Waals surface area contributed by atoms with Crippen molar-refractivity contribution >= 4 is 23.0 Å². The lowest BCUT2D eigenvalue weighted by Gasteiger charge is -2.52. The predicted octanol–water partition coefficient (Wildman–Crippen LogP) is 2.47. The highest BCUT2D eigenvalue weighted by Gasteiger charge is 2.50. The Hall–Kier alpha value is -1.37. The second kappa shape index (κ2) is 5.44. The third-order valence-electron chi connectivity index (χ3n) is 4.49. The number of nitro benzene ring substituents is 1. The minimum atomic E-state index is -0.478. The second-order valence-electron chi connectivity index (χ2n) is 5.76. The van der Waals surface area contributed by atoms with Crippen molar-refractivity contribution in [2.75, 3.05) is 11.9 Å². The van der Waals surface area contributed by atoms with Crippen molar-refractivity contribution in [3.05, 3.63) is 32.8 Å². The fourth-order valence-electron chi connectivity index (χ4n) is 3.27. The van der Waals surface area contributed by atoms with Crippen molar-refractivity contribution in [3.63, 3.8) is 0 Å². The fraction of sp³-hybridized carbons (Fsp3) is 0.571. The largest absolute Gasteiger partial charge is 0.378 e. The molecule has 21 heavy (non-hydrogen) atoms. The number of fused-ring (bicyclic) bond motifs is 1. The van der Waals surface area contributed by atoms with Gasteiger partial charge in [0, 0.05) is 30.3 Å². The molecule has 0 radical (unpaired) electrons. The molecule has 0 bridgehead atoms. The molecule has 7 heteroatoms. The van der Waals surface area contributed by atoms with Gasteiger partial charge in [-0.05, 0) is 31.4 Å². The van der Waals surface area contributed by atoms with Gasteiger partial charge in [0.1, 0.15) is 5.02 Å². The summed E-state index contributed by atoms with van der Waals surface area (Å²) in [5.41, 5.74) is 7.68. The topological polar surface area (TPSA) is 90.4 Å². The molecule has 1 aromatic carbocycles. The van der Waals surface area contributed by atoms with Crippen molar-refractivity contribution in [3.8, 4) is 0 Å². The smallest absolute Gasteiger partial charge is 0.288 e. The Morgan fingerprint density at radius 3 is 3.00 bits per heavy atom. The van der Waals surface area contributed by atoms with Crippen molar-refractivity contribution in [2.24, 2.45) is 11.7 Å². The number of nitrogens with one attached hydrogen (secondary N) is 1. The summed E-state index contributed by atoms with van der Waals surface area (Å²) in [6.45, 7) is 2.58. The van der Waals surface area contributed by atoms with Crippen LogP contribution in [0, 0.1) is 23.0 Å². The Bertz CT molecular complexity index is 581. The van der Waals surface area contributed by atoms with E-state index in [2.05, 4.69) is 5.32 Å². The van der Waals surface area contributed by atoms with Crippen molar-refractivity contribution in [2.45, 2.75) is 38.0 Å². The van der Waals surface area contributed by atoms with E-state index in [9.17, 15) is 10.1 Å². The summed E-state index contributed by atoms with van der Waals surface area (Å²) >= 11 is 5.97. The highest BCUT2D eigenvalue weighted by atomic mass is 35.5. The summed E-state index contributed by atoms with van der Waals surface area (Å²) in [6.07, 6.45) is 2.29. The molecule has 0 spiro atoms. The predicted molar refractivity (Wildman–Crippen MR) is 80.7 cm³/mol. The average Bonchev–Trinajstić information content (AvgIpc) is 2.46. The first-order chi connectivity index (χ1) is 9.99. The zero-order valence-electron chi connectivity index (χ0n) is 11.7. The van der Waals surface area contributed by atoms with Gasteiger partial charge in [0.05, 0.1) is 17.1 Å². The first-order valence-electron chi connectivity index (χ1n) is 7.07. The molecule has 1 saturated heterocycles. The van der Waals surface area contributed by atoms with Crippen LogP contribution in [-0.4, -0.2) is 29.7 Å². The minimum absolute atomic E-state index is 0.0338. The summed E-state index contributed by atoms with van der Waals surface area (Å²) in [5.74, 6) is 0.407. The van der Waals surface area contributed by atoms with Crippen molar-refractivity contribution in [1.29, 1.82) is 0 Å². The van der Waals surface area contributed by atoms with Gasteiger partial charge in [-0.1, -0.05) is 11.6 Å².